The number of hydrogen-bond acceptors (Lipinski definition) is 3. The molecule has 0 aromatic carbocycles. The van der Waals surface area contributed by atoms with Crippen LogP contribution in [0.3, 0.4) is 0 Å². The number of fused-ring (bicyclic) bond motifs is 2. The molecule has 5 heteroatoms. The predicted octanol–water partition coefficient (Wildman–Crippen LogP) is 4.14. The summed E-state index contributed by atoms with van der Waals surface area (Å²) in [5.41, 5.74) is 4.45. The zero-order chi connectivity index (χ0) is 17.4. The molecule has 1 unspecified atom stereocenters. The molecule has 0 aromatic heterocycles. The molecule has 1 aliphatic heterocycles. The van der Waals surface area contributed by atoms with Crippen LogP contribution in [0.2, 0.25) is 0 Å². The van der Waals surface area contributed by atoms with Crippen molar-refractivity contribution in [3.63, 3.8) is 0 Å². The summed E-state index contributed by atoms with van der Waals surface area (Å²) in [6.07, 6.45) is 14.9. The van der Waals surface area contributed by atoms with Gasteiger partial charge in [-0.15, -0.1) is 0 Å². The molecule has 0 amide bonds. The second-order valence-electron chi connectivity index (χ2n) is 6.60. The Labute approximate surface area is 143 Å². The van der Waals surface area contributed by atoms with E-state index >= 15 is 0 Å². The van der Waals surface area contributed by atoms with Crippen molar-refractivity contribution in [2.45, 2.75) is 76.7 Å². The molecule has 3 aliphatic rings. The van der Waals surface area contributed by atoms with Crippen molar-refractivity contribution in [3.8, 4) is 0 Å². The number of aliphatic carboxylic acids is 2. The SMILES string of the molecule is C1=C2C=C3CCCCC3N=C2CCC1.O=C(O)CCCCC(=O)O. The Kier molecular flexibility index (Phi) is 7.22. The van der Waals surface area contributed by atoms with Crippen LogP contribution in [-0.2, 0) is 9.59 Å². The summed E-state index contributed by atoms with van der Waals surface area (Å²) in [7, 11) is 0. The maximum atomic E-state index is 9.90. The predicted molar refractivity (Wildman–Crippen MR) is 93.4 cm³/mol. The van der Waals surface area contributed by atoms with Gasteiger partial charge >= 0.3 is 11.9 Å². The van der Waals surface area contributed by atoms with E-state index in [2.05, 4.69) is 12.2 Å². The lowest BCUT2D eigenvalue weighted by atomic mass is 9.83. The number of hydrogen-bond donors (Lipinski definition) is 2. The Morgan fingerprint density at radius 3 is 2.42 bits per heavy atom. The van der Waals surface area contributed by atoms with Gasteiger partial charge in [-0.2, -0.15) is 0 Å². The number of carboxylic acid groups (broad SMARTS) is 2. The van der Waals surface area contributed by atoms with Gasteiger partial charge in [0.2, 0.25) is 0 Å². The number of dihydropyridines is 1. The summed E-state index contributed by atoms with van der Waals surface area (Å²) in [4.78, 5) is 24.7. The van der Waals surface area contributed by atoms with Gasteiger partial charge in [0.25, 0.3) is 0 Å². The fraction of sp³-hybridized carbons (Fsp3) is 0.632. The van der Waals surface area contributed by atoms with E-state index < -0.39 is 11.9 Å². The molecular weight excluding hydrogens is 306 g/mol. The summed E-state index contributed by atoms with van der Waals surface area (Å²) in [6, 6.07) is 0.564. The minimum Gasteiger partial charge on any atom is -0.481 e. The van der Waals surface area contributed by atoms with Crippen LogP contribution < -0.4 is 0 Å². The molecule has 1 fully saturated rings. The van der Waals surface area contributed by atoms with Crippen molar-refractivity contribution in [2.75, 3.05) is 0 Å². The summed E-state index contributed by atoms with van der Waals surface area (Å²) < 4.78 is 0. The Bertz CT molecular complexity index is 544. The number of allylic oxidation sites excluding steroid dienone is 3. The first-order valence-corrected chi connectivity index (χ1v) is 8.97. The molecule has 0 bridgehead atoms. The van der Waals surface area contributed by atoms with Crippen LogP contribution >= 0.6 is 0 Å². The van der Waals surface area contributed by atoms with Gasteiger partial charge in [0.1, 0.15) is 0 Å². The van der Waals surface area contributed by atoms with Gasteiger partial charge in [-0.1, -0.05) is 18.6 Å². The Morgan fingerprint density at radius 1 is 1.04 bits per heavy atom. The number of unbranched alkanes of at least 4 members (excludes halogenated alkanes) is 1. The summed E-state index contributed by atoms with van der Waals surface area (Å²) >= 11 is 0. The van der Waals surface area contributed by atoms with Crippen LogP contribution in [0.1, 0.15) is 70.6 Å². The van der Waals surface area contributed by atoms with Crippen molar-refractivity contribution in [1.29, 1.82) is 0 Å². The van der Waals surface area contributed by atoms with Crippen molar-refractivity contribution < 1.29 is 19.8 Å². The first-order valence-electron chi connectivity index (χ1n) is 8.97. The standard InChI is InChI=1S/C13H17N.C6H10O4/c1-3-7-12-10(5-1)9-11-6-2-4-8-13(11)14-12;7-5(8)3-1-2-4-6(9)10/h5,9,13H,1-4,6-8H2;1-4H2,(H,7,8)(H,9,10). The van der Waals surface area contributed by atoms with Crippen LogP contribution in [0.25, 0.3) is 0 Å². The van der Waals surface area contributed by atoms with Gasteiger partial charge in [0.05, 0.1) is 6.04 Å². The fourth-order valence-corrected chi connectivity index (χ4v) is 3.35. The summed E-state index contributed by atoms with van der Waals surface area (Å²) in [6.45, 7) is 0. The average molecular weight is 333 g/mol. The molecule has 1 saturated carbocycles. The van der Waals surface area contributed by atoms with Gasteiger partial charge in [0, 0.05) is 18.6 Å². The highest BCUT2D eigenvalue weighted by atomic mass is 16.4. The second-order valence-corrected chi connectivity index (χ2v) is 6.60. The van der Waals surface area contributed by atoms with Crippen LogP contribution in [0.5, 0.6) is 0 Å². The molecule has 1 atom stereocenters. The minimum absolute atomic E-state index is 0.0628. The van der Waals surface area contributed by atoms with Crippen molar-refractivity contribution in [1.82, 2.24) is 0 Å². The molecule has 2 aliphatic carbocycles. The van der Waals surface area contributed by atoms with E-state index in [0.717, 1.165) is 0 Å². The third-order valence-electron chi connectivity index (χ3n) is 4.62. The third kappa shape index (κ3) is 5.95. The van der Waals surface area contributed by atoms with E-state index in [1.165, 1.54) is 56.2 Å². The molecule has 0 radical (unpaired) electrons. The number of carboxylic acids is 2. The maximum Gasteiger partial charge on any atom is 0.303 e. The Morgan fingerprint density at radius 2 is 1.75 bits per heavy atom. The number of rotatable bonds is 5. The minimum atomic E-state index is -0.870. The molecule has 0 aromatic rings. The van der Waals surface area contributed by atoms with Crippen molar-refractivity contribution >= 4 is 17.7 Å². The van der Waals surface area contributed by atoms with Gasteiger partial charge in [-0.3, -0.25) is 14.6 Å². The van der Waals surface area contributed by atoms with E-state index in [9.17, 15) is 9.59 Å². The quantitative estimate of drug-likeness (QED) is 0.740. The van der Waals surface area contributed by atoms with E-state index in [0.29, 0.717) is 18.9 Å². The maximum absolute atomic E-state index is 9.90. The van der Waals surface area contributed by atoms with Crippen LogP contribution in [0.15, 0.2) is 28.3 Å². The van der Waals surface area contributed by atoms with Gasteiger partial charge in [-0.25, -0.2) is 0 Å². The molecule has 1 heterocycles. The highest BCUT2D eigenvalue weighted by Crippen LogP contribution is 2.33. The second kappa shape index (κ2) is 9.40. The Balaban J connectivity index is 0.000000187. The smallest absolute Gasteiger partial charge is 0.303 e. The third-order valence-corrected chi connectivity index (χ3v) is 4.62. The number of aliphatic imine (C=N–C) groups is 1. The molecule has 0 saturated heterocycles. The van der Waals surface area contributed by atoms with Gasteiger partial charge < -0.3 is 10.2 Å². The molecule has 5 nitrogen and oxygen atoms in total. The van der Waals surface area contributed by atoms with Crippen LogP contribution in [0, 0.1) is 0 Å². The molecule has 0 spiro atoms. The topological polar surface area (TPSA) is 87.0 Å². The zero-order valence-electron chi connectivity index (χ0n) is 14.2. The lowest BCUT2D eigenvalue weighted by Crippen LogP contribution is -2.22. The lowest BCUT2D eigenvalue weighted by Gasteiger charge is -2.29. The molecule has 2 N–H and O–H groups in total. The lowest BCUT2D eigenvalue weighted by molar-refractivity contribution is -0.139. The molecule has 24 heavy (non-hydrogen) atoms. The average Bonchev–Trinajstić information content (AvgIpc) is 2.57. The highest BCUT2D eigenvalue weighted by Gasteiger charge is 2.24. The first-order chi connectivity index (χ1) is 11.6. The van der Waals surface area contributed by atoms with E-state index in [4.69, 9.17) is 15.2 Å². The van der Waals surface area contributed by atoms with E-state index in [1.807, 2.05) is 0 Å². The van der Waals surface area contributed by atoms with Crippen LogP contribution in [0.4, 0.5) is 0 Å². The molecular formula is C19H27NO4. The normalized spacial score (nSPS) is 21.8. The van der Waals surface area contributed by atoms with E-state index in [1.54, 1.807) is 5.57 Å². The zero-order valence-corrected chi connectivity index (χ0v) is 14.2. The monoisotopic (exact) mass is 333 g/mol. The van der Waals surface area contributed by atoms with Gasteiger partial charge in [-0.05, 0) is 62.5 Å². The first kappa shape index (κ1) is 18.4. The van der Waals surface area contributed by atoms with Crippen molar-refractivity contribution in [3.05, 3.63) is 23.3 Å². The number of nitrogens with zero attached hydrogens (tertiary/aromatic N) is 1. The number of carbonyl (C=O) groups is 2. The highest BCUT2D eigenvalue weighted by molar-refractivity contribution is 6.04. The summed E-state index contributed by atoms with van der Waals surface area (Å²) in [5.74, 6) is -1.74. The molecule has 132 valence electrons. The Hall–Kier alpha value is -1.91. The fourth-order valence-electron chi connectivity index (χ4n) is 3.35. The van der Waals surface area contributed by atoms with Crippen molar-refractivity contribution in [2.24, 2.45) is 4.99 Å². The summed E-state index contributed by atoms with van der Waals surface area (Å²) in [5, 5.41) is 16.3. The molecule has 3 rings (SSSR count). The van der Waals surface area contributed by atoms with Crippen LogP contribution in [-0.4, -0.2) is 33.9 Å². The van der Waals surface area contributed by atoms with E-state index in [-0.39, 0.29) is 12.8 Å². The largest absolute Gasteiger partial charge is 0.481 e. The van der Waals surface area contributed by atoms with Gasteiger partial charge in [0.15, 0.2) is 0 Å².